The molecule has 1 amide bonds. The molecular weight excluding hydrogens is 356 g/mol. The topological polar surface area (TPSA) is 72.9 Å². The maximum absolute atomic E-state index is 12.5. The summed E-state index contributed by atoms with van der Waals surface area (Å²) in [7, 11) is 0. The number of anilines is 2. The summed E-state index contributed by atoms with van der Waals surface area (Å²) in [5, 5.41) is 7.64. The van der Waals surface area contributed by atoms with Crippen molar-refractivity contribution in [3.63, 3.8) is 0 Å². The zero-order valence-corrected chi connectivity index (χ0v) is 14.3. The van der Waals surface area contributed by atoms with E-state index < -0.39 is 0 Å². The first kappa shape index (κ1) is 15.9. The summed E-state index contributed by atoms with van der Waals surface area (Å²) in [4.78, 5) is 12.5. The average molecular weight is 372 g/mol. The zero-order valence-electron chi connectivity index (χ0n) is 12.0. The van der Waals surface area contributed by atoms with Gasteiger partial charge in [-0.15, -0.1) is 0 Å². The summed E-state index contributed by atoms with van der Waals surface area (Å²) in [5.41, 5.74) is 8.86. The normalized spacial score (nSPS) is 10.7. The number of nitrogens with one attached hydrogen (secondary N) is 1. The lowest BCUT2D eigenvalue weighted by Crippen LogP contribution is -2.19. The van der Waals surface area contributed by atoms with Crippen molar-refractivity contribution in [3.8, 4) is 0 Å². The predicted octanol–water partition coefficient (Wildman–Crippen LogP) is 3.77. The van der Waals surface area contributed by atoms with Gasteiger partial charge in [-0.25, -0.2) is 0 Å². The van der Waals surface area contributed by atoms with Gasteiger partial charge in [-0.1, -0.05) is 11.6 Å². The SMILES string of the molecule is CCn1nc(C)c(N)c1C(=O)Nc1cc(Cl)c(C)cc1Br. The van der Waals surface area contributed by atoms with Crippen molar-refractivity contribution in [1.82, 2.24) is 9.78 Å². The van der Waals surface area contributed by atoms with Crippen LogP contribution in [-0.4, -0.2) is 15.7 Å². The lowest BCUT2D eigenvalue weighted by Gasteiger charge is -2.11. The molecule has 0 saturated carbocycles. The highest BCUT2D eigenvalue weighted by Gasteiger charge is 2.20. The number of carbonyl (C=O) groups is 1. The molecule has 2 rings (SSSR count). The molecule has 0 fully saturated rings. The van der Waals surface area contributed by atoms with Gasteiger partial charge in [0, 0.05) is 16.0 Å². The molecule has 0 aliphatic carbocycles. The average Bonchev–Trinajstić information content (AvgIpc) is 2.71. The minimum atomic E-state index is -0.310. The molecule has 2 aromatic rings. The number of nitrogens with two attached hydrogens (primary N) is 1. The Hall–Kier alpha value is -1.53. The van der Waals surface area contributed by atoms with E-state index in [2.05, 4.69) is 26.3 Å². The van der Waals surface area contributed by atoms with Crippen molar-refractivity contribution < 1.29 is 4.79 Å². The van der Waals surface area contributed by atoms with Crippen LogP contribution in [0.3, 0.4) is 0 Å². The van der Waals surface area contributed by atoms with E-state index in [1.807, 2.05) is 19.9 Å². The van der Waals surface area contributed by atoms with Crippen molar-refractivity contribution >= 4 is 44.8 Å². The number of benzene rings is 1. The van der Waals surface area contributed by atoms with Crippen molar-refractivity contribution in [2.75, 3.05) is 11.1 Å². The Morgan fingerprint density at radius 1 is 1.48 bits per heavy atom. The molecule has 1 aromatic heterocycles. The molecule has 7 heteroatoms. The minimum absolute atomic E-state index is 0.310. The summed E-state index contributed by atoms with van der Waals surface area (Å²) in [6.07, 6.45) is 0. The van der Waals surface area contributed by atoms with E-state index in [1.54, 1.807) is 17.7 Å². The van der Waals surface area contributed by atoms with E-state index in [1.165, 1.54) is 0 Å². The fraction of sp³-hybridized carbons (Fsp3) is 0.286. The van der Waals surface area contributed by atoms with E-state index >= 15 is 0 Å². The Balaban J connectivity index is 2.37. The Kier molecular flexibility index (Phi) is 4.58. The summed E-state index contributed by atoms with van der Waals surface area (Å²) in [6.45, 7) is 6.14. The molecule has 1 aromatic carbocycles. The molecular formula is C14H16BrClN4O. The number of aryl methyl sites for hydroxylation is 3. The molecule has 21 heavy (non-hydrogen) atoms. The standard InChI is InChI=1S/C14H16BrClN4O/c1-4-20-13(12(17)8(3)19-20)14(21)18-11-6-10(16)7(2)5-9(11)15/h5-6H,4,17H2,1-3H3,(H,18,21). The molecule has 0 radical (unpaired) electrons. The van der Waals surface area contributed by atoms with Crippen LogP contribution in [0.2, 0.25) is 5.02 Å². The Morgan fingerprint density at radius 3 is 2.76 bits per heavy atom. The van der Waals surface area contributed by atoms with Gasteiger partial charge in [0.25, 0.3) is 5.91 Å². The third kappa shape index (κ3) is 3.06. The maximum Gasteiger partial charge on any atom is 0.276 e. The van der Waals surface area contributed by atoms with Gasteiger partial charge in [-0.3, -0.25) is 9.48 Å². The molecule has 0 bridgehead atoms. The van der Waals surface area contributed by atoms with E-state index in [9.17, 15) is 4.79 Å². The molecule has 3 N–H and O–H groups in total. The second kappa shape index (κ2) is 6.07. The van der Waals surface area contributed by atoms with E-state index in [4.69, 9.17) is 17.3 Å². The van der Waals surface area contributed by atoms with Crippen LogP contribution in [0, 0.1) is 13.8 Å². The molecule has 5 nitrogen and oxygen atoms in total. The van der Waals surface area contributed by atoms with Crippen molar-refractivity contribution in [2.45, 2.75) is 27.3 Å². The van der Waals surface area contributed by atoms with Crippen LogP contribution in [0.5, 0.6) is 0 Å². The van der Waals surface area contributed by atoms with Crippen LogP contribution in [0.4, 0.5) is 11.4 Å². The molecule has 1 heterocycles. The predicted molar refractivity (Wildman–Crippen MR) is 88.9 cm³/mol. The molecule has 0 atom stereocenters. The zero-order chi connectivity index (χ0) is 15.7. The number of rotatable bonds is 3. The van der Waals surface area contributed by atoms with Crippen LogP contribution >= 0.6 is 27.5 Å². The number of carbonyl (C=O) groups excluding carboxylic acids is 1. The number of halogens is 2. The van der Waals surface area contributed by atoms with Gasteiger partial charge in [0.05, 0.1) is 17.1 Å². The molecule has 0 spiro atoms. The largest absolute Gasteiger partial charge is 0.395 e. The highest BCUT2D eigenvalue weighted by molar-refractivity contribution is 9.10. The lowest BCUT2D eigenvalue weighted by atomic mass is 10.2. The summed E-state index contributed by atoms with van der Waals surface area (Å²) in [5.74, 6) is -0.310. The molecule has 0 saturated heterocycles. The van der Waals surface area contributed by atoms with Crippen LogP contribution in [0.1, 0.15) is 28.7 Å². The van der Waals surface area contributed by atoms with Gasteiger partial charge in [-0.05, 0) is 54.4 Å². The number of amides is 1. The summed E-state index contributed by atoms with van der Waals surface area (Å²) < 4.78 is 2.35. The van der Waals surface area contributed by atoms with E-state index in [0.717, 1.165) is 10.0 Å². The third-order valence-electron chi connectivity index (χ3n) is 3.18. The smallest absolute Gasteiger partial charge is 0.276 e. The number of hydrogen-bond donors (Lipinski definition) is 2. The molecule has 0 unspecified atom stereocenters. The fourth-order valence-corrected chi connectivity index (χ4v) is 2.71. The highest BCUT2D eigenvalue weighted by Crippen LogP contribution is 2.30. The third-order valence-corrected chi connectivity index (χ3v) is 4.25. The second-order valence-electron chi connectivity index (χ2n) is 4.70. The molecule has 0 aliphatic rings. The first-order valence-electron chi connectivity index (χ1n) is 6.45. The summed E-state index contributed by atoms with van der Waals surface area (Å²) in [6, 6.07) is 3.55. The first-order chi connectivity index (χ1) is 9.85. The fourth-order valence-electron chi connectivity index (χ4n) is 1.99. The number of nitrogen functional groups attached to an aromatic ring is 1. The molecule has 0 aliphatic heterocycles. The lowest BCUT2D eigenvalue weighted by molar-refractivity contribution is 0.101. The van der Waals surface area contributed by atoms with Gasteiger partial charge in [-0.2, -0.15) is 5.10 Å². The van der Waals surface area contributed by atoms with E-state index in [0.29, 0.717) is 34.3 Å². The van der Waals surface area contributed by atoms with Crippen molar-refractivity contribution in [2.24, 2.45) is 0 Å². The van der Waals surface area contributed by atoms with Crippen LogP contribution in [0.15, 0.2) is 16.6 Å². The number of nitrogens with zero attached hydrogens (tertiary/aromatic N) is 2. The second-order valence-corrected chi connectivity index (χ2v) is 5.96. The van der Waals surface area contributed by atoms with Crippen molar-refractivity contribution in [3.05, 3.63) is 38.6 Å². The van der Waals surface area contributed by atoms with Crippen LogP contribution < -0.4 is 11.1 Å². The van der Waals surface area contributed by atoms with Crippen LogP contribution in [-0.2, 0) is 6.54 Å². The minimum Gasteiger partial charge on any atom is -0.395 e. The van der Waals surface area contributed by atoms with Gasteiger partial charge < -0.3 is 11.1 Å². The van der Waals surface area contributed by atoms with Gasteiger partial charge in [0.1, 0.15) is 5.69 Å². The maximum atomic E-state index is 12.5. The Morgan fingerprint density at radius 2 is 2.14 bits per heavy atom. The van der Waals surface area contributed by atoms with Crippen LogP contribution in [0.25, 0.3) is 0 Å². The summed E-state index contributed by atoms with van der Waals surface area (Å²) >= 11 is 9.51. The Bertz CT molecular complexity index is 711. The van der Waals surface area contributed by atoms with Gasteiger partial charge >= 0.3 is 0 Å². The van der Waals surface area contributed by atoms with Gasteiger partial charge in [0.15, 0.2) is 0 Å². The van der Waals surface area contributed by atoms with E-state index in [-0.39, 0.29) is 5.91 Å². The Labute approximate surface area is 136 Å². The monoisotopic (exact) mass is 370 g/mol. The molecule has 112 valence electrons. The van der Waals surface area contributed by atoms with Gasteiger partial charge in [0.2, 0.25) is 0 Å². The first-order valence-corrected chi connectivity index (χ1v) is 7.62. The van der Waals surface area contributed by atoms with Crippen molar-refractivity contribution in [1.29, 1.82) is 0 Å². The number of aromatic nitrogens is 2. The quantitative estimate of drug-likeness (QED) is 0.862. The number of hydrogen-bond acceptors (Lipinski definition) is 3. The highest BCUT2D eigenvalue weighted by atomic mass is 79.9.